The molecule has 0 radical (unpaired) electrons. The Kier molecular flexibility index (Phi) is 13.7. The Labute approximate surface area is 150 Å². The van der Waals surface area contributed by atoms with Crippen molar-refractivity contribution in [1.29, 1.82) is 0 Å². The second-order valence-corrected chi connectivity index (χ2v) is 5.27. The summed E-state index contributed by atoms with van der Waals surface area (Å²) in [5, 5.41) is 6.38. The quantitative estimate of drug-likeness (QED) is 0.194. The van der Waals surface area contributed by atoms with Crippen molar-refractivity contribution in [2.45, 2.75) is 51.0 Å². The molecule has 0 bridgehead atoms. The molecule has 2 N–H and O–H groups in total. The van der Waals surface area contributed by atoms with Crippen LogP contribution in [-0.4, -0.2) is 51.9 Å². The van der Waals surface area contributed by atoms with Gasteiger partial charge in [-0.05, 0) is 38.5 Å². The van der Waals surface area contributed by atoms with Gasteiger partial charge in [-0.25, -0.2) is 0 Å². The molecule has 0 atom stereocenters. The molecule has 6 nitrogen and oxygen atoms in total. The van der Waals surface area contributed by atoms with Gasteiger partial charge in [0.25, 0.3) is 0 Å². The van der Waals surface area contributed by atoms with Crippen LogP contribution in [0.5, 0.6) is 0 Å². The molecule has 0 spiro atoms. The maximum atomic E-state index is 11.6. The van der Waals surface area contributed by atoms with Gasteiger partial charge in [0, 0.05) is 40.3 Å². The molecule has 0 aromatic rings. The van der Waals surface area contributed by atoms with Crippen LogP contribution in [0, 0.1) is 0 Å². The van der Waals surface area contributed by atoms with E-state index in [9.17, 15) is 4.79 Å². The molecule has 0 amide bonds. The Morgan fingerprint density at radius 3 is 2.41 bits per heavy atom. The zero-order chi connectivity index (χ0) is 15.3. The summed E-state index contributed by atoms with van der Waals surface area (Å²) >= 11 is 0. The number of aliphatic imine (C=N–C) groups is 1. The summed E-state index contributed by atoms with van der Waals surface area (Å²) in [6.07, 6.45) is 6.75. The minimum atomic E-state index is -0.0771. The van der Waals surface area contributed by atoms with Crippen molar-refractivity contribution in [2.75, 3.05) is 33.9 Å². The molecule has 1 rings (SSSR count). The van der Waals surface area contributed by atoms with Crippen molar-refractivity contribution < 1.29 is 14.3 Å². The molecule has 1 saturated carbocycles. The third-order valence-corrected chi connectivity index (χ3v) is 3.49. The Bertz CT molecular complexity index is 321. The summed E-state index contributed by atoms with van der Waals surface area (Å²) in [6, 6.07) is 0. The molecule has 0 saturated heterocycles. The van der Waals surface area contributed by atoms with E-state index in [0.717, 1.165) is 44.8 Å². The molecule has 22 heavy (non-hydrogen) atoms. The van der Waals surface area contributed by atoms with Gasteiger partial charge in [0.2, 0.25) is 0 Å². The van der Waals surface area contributed by atoms with E-state index in [4.69, 9.17) is 9.47 Å². The highest BCUT2D eigenvalue weighted by atomic mass is 127. The van der Waals surface area contributed by atoms with Crippen LogP contribution >= 0.6 is 24.0 Å². The molecule has 1 aliphatic rings. The molecule has 1 aliphatic carbocycles. The van der Waals surface area contributed by atoms with Crippen molar-refractivity contribution in [3.05, 3.63) is 0 Å². The van der Waals surface area contributed by atoms with Gasteiger partial charge in [-0.1, -0.05) is 0 Å². The number of rotatable bonds is 9. The third kappa shape index (κ3) is 10.2. The van der Waals surface area contributed by atoms with Crippen LogP contribution in [0.3, 0.4) is 0 Å². The summed E-state index contributed by atoms with van der Waals surface area (Å²) < 4.78 is 10.4. The number of hydrogen-bond acceptors (Lipinski definition) is 4. The van der Waals surface area contributed by atoms with Gasteiger partial charge in [-0.2, -0.15) is 0 Å². The standard InChI is InChI=1S/C15H29N3O3.HI/c1-16-15(18-11-6-12-20-2)17-10-5-9-14(19)21-13-7-3-4-8-13;/h13H,3-12H2,1-2H3,(H2,16,17,18);1H. The van der Waals surface area contributed by atoms with E-state index in [1.54, 1.807) is 14.2 Å². The number of methoxy groups -OCH3 is 1. The average molecular weight is 427 g/mol. The van der Waals surface area contributed by atoms with E-state index >= 15 is 0 Å². The molecular formula is C15H30IN3O3. The summed E-state index contributed by atoms with van der Waals surface area (Å²) in [6.45, 7) is 2.26. The number of nitrogens with one attached hydrogen (secondary N) is 2. The molecule has 7 heteroatoms. The first-order valence-electron chi connectivity index (χ1n) is 7.89. The second kappa shape index (κ2) is 14.0. The summed E-state index contributed by atoms with van der Waals surface area (Å²) in [5.41, 5.74) is 0. The van der Waals surface area contributed by atoms with Crippen molar-refractivity contribution >= 4 is 35.9 Å². The van der Waals surface area contributed by atoms with Crippen LogP contribution < -0.4 is 10.6 Å². The molecule has 0 heterocycles. The van der Waals surface area contributed by atoms with E-state index < -0.39 is 0 Å². The minimum absolute atomic E-state index is 0. The van der Waals surface area contributed by atoms with E-state index in [0.29, 0.717) is 13.0 Å². The van der Waals surface area contributed by atoms with Gasteiger partial charge in [-0.15, -0.1) is 24.0 Å². The Morgan fingerprint density at radius 1 is 1.18 bits per heavy atom. The number of esters is 1. The zero-order valence-corrected chi connectivity index (χ0v) is 16.1. The van der Waals surface area contributed by atoms with E-state index in [2.05, 4.69) is 15.6 Å². The first kappa shape index (κ1) is 21.4. The fraction of sp³-hybridized carbons (Fsp3) is 0.867. The summed E-state index contributed by atoms with van der Waals surface area (Å²) in [7, 11) is 3.43. The van der Waals surface area contributed by atoms with Crippen LogP contribution in [0.25, 0.3) is 0 Å². The first-order valence-corrected chi connectivity index (χ1v) is 7.89. The highest BCUT2D eigenvalue weighted by Gasteiger charge is 2.18. The normalized spacial score (nSPS) is 15.3. The number of hydrogen-bond donors (Lipinski definition) is 2. The van der Waals surface area contributed by atoms with E-state index in [1.807, 2.05) is 0 Å². The molecule has 0 aromatic carbocycles. The van der Waals surface area contributed by atoms with Crippen LogP contribution in [-0.2, 0) is 14.3 Å². The number of guanidine groups is 1. The monoisotopic (exact) mass is 427 g/mol. The van der Waals surface area contributed by atoms with Gasteiger partial charge < -0.3 is 20.1 Å². The fourth-order valence-electron chi connectivity index (χ4n) is 2.33. The first-order chi connectivity index (χ1) is 10.3. The van der Waals surface area contributed by atoms with Crippen LogP contribution in [0.15, 0.2) is 4.99 Å². The van der Waals surface area contributed by atoms with Gasteiger partial charge in [-0.3, -0.25) is 9.79 Å². The number of nitrogens with zero attached hydrogens (tertiary/aromatic N) is 1. The molecule has 0 unspecified atom stereocenters. The lowest BCUT2D eigenvalue weighted by atomic mass is 10.3. The Morgan fingerprint density at radius 2 is 1.82 bits per heavy atom. The zero-order valence-electron chi connectivity index (χ0n) is 13.7. The van der Waals surface area contributed by atoms with Crippen LogP contribution in [0.4, 0.5) is 0 Å². The Hall–Kier alpha value is -0.570. The molecule has 0 aromatic heterocycles. The fourth-order valence-corrected chi connectivity index (χ4v) is 2.33. The van der Waals surface area contributed by atoms with Gasteiger partial charge in [0.15, 0.2) is 5.96 Å². The van der Waals surface area contributed by atoms with Crippen LogP contribution in [0.1, 0.15) is 44.9 Å². The van der Waals surface area contributed by atoms with Gasteiger partial charge in [0.05, 0.1) is 0 Å². The van der Waals surface area contributed by atoms with Crippen molar-refractivity contribution in [1.82, 2.24) is 10.6 Å². The van der Waals surface area contributed by atoms with Crippen molar-refractivity contribution in [3.63, 3.8) is 0 Å². The maximum Gasteiger partial charge on any atom is 0.306 e. The molecule has 130 valence electrons. The smallest absolute Gasteiger partial charge is 0.306 e. The number of carbonyl (C=O) groups excluding carboxylic acids is 1. The topological polar surface area (TPSA) is 72.0 Å². The molecular weight excluding hydrogens is 397 g/mol. The largest absolute Gasteiger partial charge is 0.462 e. The second-order valence-electron chi connectivity index (χ2n) is 5.27. The maximum absolute atomic E-state index is 11.6. The van der Waals surface area contributed by atoms with Crippen LogP contribution in [0.2, 0.25) is 0 Å². The number of ether oxygens (including phenoxy) is 2. The average Bonchev–Trinajstić information content (AvgIpc) is 2.98. The van der Waals surface area contributed by atoms with Gasteiger partial charge in [0.1, 0.15) is 6.10 Å². The van der Waals surface area contributed by atoms with E-state index in [1.165, 1.54) is 12.8 Å². The SMILES string of the molecule is CN=C(NCCCOC)NCCCC(=O)OC1CCCC1.I. The number of halogens is 1. The number of carbonyl (C=O) groups is 1. The van der Waals surface area contributed by atoms with E-state index in [-0.39, 0.29) is 36.0 Å². The lowest BCUT2D eigenvalue weighted by molar-refractivity contribution is -0.148. The molecule has 1 fully saturated rings. The lowest BCUT2D eigenvalue weighted by Crippen LogP contribution is -2.38. The van der Waals surface area contributed by atoms with Gasteiger partial charge >= 0.3 is 5.97 Å². The summed E-state index contributed by atoms with van der Waals surface area (Å²) in [4.78, 5) is 15.8. The minimum Gasteiger partial charge on any atom is -0.462 e. The lowest BCUT2D eigenvalue weighted by Gasteiger charge is -2.13. The predicted octanol–water partition coefficient (Wildman–Crippen LogP) is 2.07. The van der Waals surface area contributed by atoms with Crippen molar-refractivity contribution in [3.8, 4) is 0 Å². The van der Waals surface area contributed by atoms with Crippen molar-refractivity contribution in [2.24, 2.45) is 4.99 Å². The highest BCUT2D eigenvalue weighted by molar-refractivity contribution is 14.0. The summed E-state index contributed by atoms with van der Waals surface area (Å²) in [5.74, 6) is 0.682. The predicted molar refractivity (Wildman–Crippen MR) is 98.9 cm³/mol. The molecule has 0 aliphatic heterocycles. The Balaban J connectivity index is 0.00000441. The third-order valence-electron chi connectivity index (χ3n) is 3.49. The highest BCUT2D eigenvalue weighted by Crippen LogP contribution is 2.21.